The predicted octanol–water partition coefficient (Wildman–Crippen LogP) is 2.96. The molecule has 0 saturated heterocycles. The lowest BCUT2D eigenvalue weighted by molar-refractivity contribution is 0.293. The van der Waals surface area contributed by atoms with Crippen LogP contribution in [0.3, 0.4) is 0 Å². The average molecular weight is 309 g/mol. The fourth-order valence-corrected chi connectivity index (χ4v) is 2.02. The van der Waals surface area contributed by atoms with E-state index in [1.165, 1.54) is 0 Å². The zero-order chi connectivity index (χ0) is 14.5. The average Bonchev–Trinajstić information content (AvgIpc) is 2.45. The number of ether oxygens (including phenoxy) is 2. The van der Waals surface area contributed by atoms with Gasteiger partial charge in [0.15, 0.2) is 0 Å². The van der Waals surface area contributed by atoms with Gasteiger partial charge in [-0.2, -0.15) is 0 Å². The number of halogens is 1. The van der Waals surface area contributed by atoms with Crippen molar-refractivity contribution in [2.24, 2.45) is 5.73 Å². The predicted molar refractivity (Wildman–Crippen MR) is 82.5 cm³/mol. The number of hydrogen-bond acceptors (Lipinski definition) is 4. The van der Waals surface area contributed by atoms with Crippen LogP contribution in [-0.4, -0.2) is 17.1 Å². The Morgan fingerprint density at radius 1 is 1.40 bits per heavy atom. The zero-order valence-corrected chi connectivity index (χ0v) is 12.4. The first-order chi connectivity index (χ1) is 9.61. The van der Waals surface area contributed by atoms with Crippen molar-refractivity contribution in [3.05, 3.63) is 52.7 Å². The van der Waals surface area contributed by atoms with E-state index in [4.69, 9.17) is 39.0 Å². The van der Waals surface area contributed by atoms with E-state index < -0.39 is 0 Å². The second-order valence-electron chi connectivity index (χ2n) is 3.97. The molecule has 1 aromatic heterocycles. The molecule has 6 heteroatoms. The molecule has 0 saturated carbocycles. The van der Waals surface area contributed by atoms with Crippen LogP contribution in [0.4, 0.5) is 0 Å². The van der Waals surface area contributed by atoms with Gasteiger partial charge in [0, 0.05) is 11.2 Å². The maximum atomic E-state index is 5.96. The molecule has 0 radical (unpaired) electrons. The normalized spacial score (nSPS) is 10.1. The van der Waals surface area contributed by atoms with E-state index in [1.807, 2.05) is 12.1 Å². The van der Waals surface area contributed by atoms with Crippen LogP contribution in [0.2, 0.25) is 5.02 Å². The molecular weight excluding hydrogens is 296 g/mol. The van der Waals surface area contributed by atoms with Crippen molar-refractivity contribution < 1.29 is 9.47 Å². The summed E-state index contributed by atoms with van der Waals surface area (Å²) in [4.78, 5) is 4.36. The summed E-state index contributed by atoms with van der Waals surface area (Å²) in [6, 6.07) is 8.82. The Kier molecular flexibility index (Phi) is 4.76. The third-order valence-corrected chi connectivity index (χ3v) is 3.09. The minimum Gasteiger partial charge on any atom is -0.488 e. The molecule has 0 amide bonds. The Labute approximate surface area is 127 Å². The summed E-state index contributed by atoms with van der Waals surface area (Å²) in [5, 5.41) is 0.554. The lowest BCUT2D eigenvalue weighted by atomic mass is 10.2. The SMILES string of the molecule is COc1ncccc1COc1cc(Cl)ccc1C(N)=S. The molecule has 0 aliphatic carbocycles. The van der Waals surface area contributed by atoms with E-state index in [0.717, 1.165) is 5.56 Å². The molecule has 0 bridgehead atoms. The van der Waals surface area contributed by atoms with Gasteiger partial charge in [-0.3, -0.25) is 0 Å². The molecule has 1 aromatic carbocycles. The Balaban J connectivity index is 2.22. The van der Waals surface area contributed by atoms with Crippen LogP contribution in [0.25, 0.3) is 0 Å². The number of nitrogens with zero attached hydrogens (tertiary/aromatic N) is 1. The summed E-state index contributed by atoms with van der Waals surface area (Å²) in [5.74, 6) is 1.06. The van der Waals surface area contributed by atoms with E-state index in [9.17, 15) is 0 Å². The largest absolute Gasteiger partial charge is 0.488 e. The smallest absolute Gasteiger partial charge is 0.219 e. The molecule has 4 nitrogen and oxygen atoms in total. The molecular formula is C14H13ClN2O2S. The number of methoxy groups -OCH3 is 1. The van der Waals surface area contributed by atoms with Crippen LogP contribution in [0, 0.1) is 0 Å². The van der Waals surface area contributed by atoms with Gasteiger partial charge >= 0.3 is 0 Å². The maximum Gasteiger partial charge on any atom is 0.219 e. The second kappa shape index (κ2) is 6.54. The van der Waals surface area contributed by atoms with Gasteiger partial charge in [-0.05, 0) is 30.3 Å². The van der Waals surface area contributed by atoms with E-state index in [2.05, 4.69) is 4.98 Å². The van der Waals surface area contributed by atoms with Gasteiger partial charge in [0.1, 0.15) is 17.3 Å². The van der Waals surface area contributed by atoms with Crippen molar-refractivity contribution in [2.75, 3.05) is 7.11 Å². The van der Waals surface area contributed by atoms with Crippen LogP contribution < -0.4 is 15.2 Å². The summed E-state index contributed by atoms with van der Waals surface area (Å²) in [6.45, 7) is 0.285. The van der Waals surface area contributed by atoms with Crippen LogP contribution in [-0.2, 0) is 6.61 Å². The summed E-state index contributed by atoms with van der Waals surface area (Å²) in [5.41, 5.74) is 7.13. The molecule has 0 atom stereocenters. The fourth-order valence-electron chi connectivity index (χ4n) is 1.69. The van der Waals surface area contributed by atoms with Crippen molar-refractivity contribution in [1.82, 2.24) is 4.98 Å². The standard InChI is InChI=1S/C14H13ClN2O2S/c1-18-14-9(3-2-6-17-14)8-19-12-7-10(15)4-5-11(12)13(16)20/h2-7H,8H2,1H3,(H2,16,20). The Morgan fingerprint density at radius 2 is 2.20 bits per heavy atom. The number of benzene rings is 1. The number of pyridine rings is 1. The Bertz CT molecular complexity index is 634. The van der Waals surface area contributed by atoms with Crippen molar-refractivity contribution in [3.8, 4) is 11.6 Å². The van der Waals surface area contributed by atoms with Crippen molar-refractivity contribution in [1.29, 1.82) is 0 Å². The van der Waals surface area contributed by atoms with E-state index >= 15 is 0 Å². The van der Waals surface area contributed by atoms with Gasteiger partial charge in [0.05, 0.1) is 18.2 Å². The number of aromatic nitrogens is 1. The topological polar surface area (TPSA) is 57.4 Å². The Hall–Kier alpha value is -1.85. The van der Waals surface area contributed by atoms with Crippen LogP contribution in [0.1, 0.15) is 11.1 Å². The highest BCUT2D eigenvalue weighted by Gasteiger charge is 2.10. The molecule has 2 N–H and O–H groups in total. The summed E-state index contributed by atoms with van der Waals surface area (Å²) < 4.78 is 10.9. The molecule has 0 fully saturated rings. The fraction of sp³-hybridized carbons (Fsp3) is 0.143. The van der Waals surface area contributed by atoms with Gasteiger partial charge in [0.2, 0.25) is 5.88 Å². The van der Waals surface area contributed by atoms with Crippen molar-refractivity contribution in [2.45, 2.75) is 6.61 Å². The summed E-state index contributed by atoms with van der Waals surface area (Å²) in [7, 11) is 1.56. The van der Waals surface area contributed by atoms with E-state index in [0.29, 0.717) is 22.2 Å². The maximum absolute atomic E-state index is 5.96. The zero-order valence-electron chi connectivity index (χ0n) is 10.8. The monoisotopic (exact) mass is 308 g/mol. The number of thiocarbonyl (C=S) groups is 1. The van der Waals surface area contributed by atoms with Gasteiger partial charge in [-0.25, -0.2) is 4.98 Å². The molecule has 0 unspecified atom stereocenters. The quantitative estimate of drug-likeness (QED) is 0.861. The molecule has 0 spiro atoms. The first-order valence-electron chi connectivity index (χ1n) is 5.82. The molecule has 0 aliphatic rings. The lowest BCUT2D eigenvalue weighted by Gasteiger charge is -2.12. The van der Waals surface area contributed by atoms with Gasteiger partial charge < -0.3 is 15.2 Å². The highest BCUT2D eigenvalue weighted by atomic mass is 35.5. The minimum absolute atomic E-state index is 0.259. The van der Waals surface area contributed by atoms with E-state index in [1.54, 1.807) is 31.5 Å². The number of hydrogen-bond donors (Lipinski definition) is 1. The Morgan fingerprint density at radius 3 is 2.90 bits per heavy atom. The van der Waals surface area contributed by atoms with Crippen molar-refractivity contribution in [3.63, 3.8) is 0 Å². The number of rotatable bonds is 5. The molecule has 20 heavy (non-hydrogen) atoms. The minimum atomic E-state index is 0.259. The summed E-state index contributed by atoms with van der Waals surface area (Å²) >= 11 is 11.0. The van der Waals surface area contributed by atoms with Gasteiger partial charge in [0.25, 0.3) is 0 Å². The highest BCUT2D eigenvalue weighted by molar-refractivity contribution is 7.80. The van der Waals surface area contributed by atoms with E-state index in [-0.39, 0.29) is 11.6 Å². The highest BCUT2D eigenvalue weighted by Crippen LogP contribution is 2.25. The summed E-state index contributed by atoms with van der Waals surface area (Å²) in [6.07, 6.45) is 1.65. The molecule has 104 valence electrons. The molecule has 1 heterocycles. The molecule has 2 rings (SSSR count). The number of nitrogens with two attached hydrogens (primary N) is 1. The van der Waals surface area contributed by atoms with Gasteiger partial charge in [-0.1, -0.05) is 23.8 Å². The first kappa shape index (κ1) is 14.6. The van der Waals surface area contributed by atoms with Crippen LogP contribution >= 0.6 is 23.8 Å². The van der Waals surface area contributed by atoms with Crippen molar-refractivity contribution >= 4 is 28.8 Å². The third kappa shape index (κ3) is 3.37. The van der Waals surface area contributed by atoms with Crippen LogP contribution in [0.15, 0.2) is 36.5 Å². The van der Waals surface area contributed by atoms with Crippen LogP contribution in [0.5, 0.6) is 11.6 Å². The molecule has 2 aromatic rings. The lowest BCUT2D eigenvalue weighted by Crippen LogP contribution is -2.12. The second-order valence-corrected chi connectivity index (χ2v) is 4.84. The molecule has 0 aliphatic heterocycles. The third-order valence-electron chi connectivity index (χ3n) is 2.64. The first-order valence-corrected chi connectivity index (χ1v) is 6.60. The van der Waals surface area contributed by atoms with Gasteiger partial charge in [-0.15, -0.1) is 0 Å².